The van der Waals surface area contributed by atoms with Gasteiger partial charge in [-0.1, -0.05) is 29.8 Å². The third-order valence-corrected chi connectivity index (χ3v) is 7.22. The Labute approximate surface area is 191 Å². The van der Waals surface area contributed by atoms with Crippen LogP contribution in [0.3, 0.4) is 0 Å². The number of carbonyl (C=O) groups is 1. The molecule has 0 bridgehead atoms. The minimum atomic E-state index is -3.85. The summed E-state index contributed by atoms with van der Waals surface area (Å²) in [6.07, 6.45) is 5.25. The van der Waals surface area contributed by atoms with E-state index in [1.807, 2.05) is 22.9 Å². The van der Waals surface area contributed by atoms with Gasteiger partial charge in [0.25, 0.3) is 10.0 Å². The molecule has 0 saturated carbocycles. The van der Waals surface area contributed by atoms with E-state index in [2.05, 4.69) is 10.3 Å². The molecule has 2 heterocycles. The number of hydrogen-bond donors (Lipinski definition) is 1. The third kappa shape index (κ3) is 5.05. The second-order valence-corrected chi connectivity index (χ2v) is 9.73. The number of sulfonamides is 1. The zero-order valence-electron chi connectivity index (χ0n) is 17.2. The Morgan fingerprint density at radius 1 is 1.19 bits per heavy atom. The lowest BCUT2D eigenvalue weighted by molar-refractivity contribution is 0.100. The van der Waals surface area contributed by atoms with E-state index in [1.165, 1.54) is 28.6 Å². The third-order valence-electron chi connectivity index (χ3n) is 5.17. The second kappa shape index (κ2) is 9.62. The van der Waals surface area contributed by atoms with E-state index in [-0.39, 0.29) is 11.4 Å². The van der Waals surface area contributed by atoms with Crippen molar-refractivity contribution in [1.29, 1.82) is 0 Å². The summed E-state index contributed by atoms with van der Waals surface area (Å²) < 4.78 is 35.5. The van der Waals surface area contributed by atoms with Gasteiger partial charge in [0.1, 0.15) is 6.10 Å². The van der Waals surface area contributed by atoms with E-state index < -0.39 is 22.2 Å². The molecule has 4 rings (SSSR count). The summed E-state index contributed by atoms with van der Waals surface area (Å²) >= 11 is 5.91. The van der Waals surface area contributed by atoms with Gasteiger partial charge in [-0.15, -0.1) is 0 Å². The highest BCUT2D eigenvalue weighted by molar-refractivity contribution is 7.92. The van der Waals surface area contributed by atoms with Crippen molar-refractivity contribution in [3.8, 4) is 0 Å². The molecule has 8 nitrogen and oxygen atoms in total. The molecule has 0 radical (unpaired) electrons. The van der Waals surface area contributed by atoms with Crippen molar-refractivity contribution in [2.45, 2.75) is 30.4 Å². The lowest BCUT2D eigenvalue weighted by atomic mass is 10.0. The summed E-state index contributed by atoms with van der Waals surface area (Å²) in [5, 5.41) is 3.18. The van der Waals surface area contributed by atoms with Crippen molar-refractivity contribution >= 4 is 33.4 Å². The average Bonchev–Trinajstić information content (AvgIpc) is 3.30. The number of ether oxygens (including phenoxy) is 1. The highest BCUT2D eigenvalue weighted by Crippen LogP contribution is 2.33. The molecule has 1 aliphatic heterocycles. The molecular formula is C22H23ClN4O4S. The largest absolute Gasteiger partial charge is 0.444 e. The van der Waals surface area contributed by atoms with Crippen LogP contribution in [0.1, 0.15) is 12.0 Å². The number of carbonyl (C=O) groups excluding carboxylic acids is 1. The van der Waals surface area contributed by atoms with Gasteiger partial charge in [-0.3, -0.25) is 4.31 Å². The van der Waals surface area contributed by atoms with Crippen LogP contribution >= 0.6 is 11.6 Å². The van der Waals surface area contributed by atoms with Crippen LogP contribution in [0.4, 0.5) is 10.5 Å². The van der Waals surface area contributed by atoms with Crippen molar-refractivity contribution in [1.82, 2.24) is 14.9 Å². The summed E-state index contributed by atoms with van der Waals surface area (Å²) in [6.45, 7) is 1.20. The quantitative estimate of drug-likeness (QED) is 0.529. The number of imidazole rings is 1. The molecule has 10 heteroatoms. The number of benzene rings is 2. The fourth-order valence-corrected chi connectivity index (χ4v) is 5.28. The molecule has 0 saturated heterocycles. The normalized spacial score (nSPS) is 15.8. The molecule has 0 spiro atoms. The summed E-state index contributed by atoms with van der Waals surface area (Å²) in [6, 6.07) is 13.2. The zero-order valence-corrected chi connectivity index (χ0v) is 18.8. The summed E-state index contributed by atoms with van der Waals surface area (Å²) in [5.74, 6) is 0. The van der Waals surface area contributed by atoms with Crippen LogP contribution in [0.5, 0.6) is 0 Å². The number of hydrogen-bond acceptors (Lipinski definition) is 5. The van der Waals surface area contributed by atoms with Gasteiger partial charge in [0, 0.05) is 36.9 Å². The molecule has 32 heavy (non-hydrogen) atoms. The van der Waals surface area contributed by atoms with Crippen molar-refractivity contribution in [3.63, 3.8) is 0 Å². The highest BCUT2D eigenvalue weighted by Gasteiger charge is 2.34. The molecule has 3 aromatic rings. The number of alkyl carbamates (subject to hydrolysis) is 1. The first-order valence-corrected chi connectivity index (χ1v) is 12.0. The number of anilines is 1. The molecule has 0 fully saturated rings. The van der Waals surface area contributed by atoms with Gasteiger partial charge < -0.3 is 14.6 Å². The van der Waals surface area contributed by atoms with Crippen LogP contribution < -0.4 is 9.62 Å². The minimum Gasteiger partial charge on any atom is -0.444 e. The predicted octanol–water partition coefficient (Wildman–Crippen LogP) is 3.47. The molecule has 0 unspecified atom stereocenters. The van der Waals surface area contributed by atoms with Crippen LogP contribution in [-0.4, -0.2) is 43.3 Å². The topological polar surface area (TPSA) is 93.5 Å². The Hall–Kier alpha value is -3.04. The van der Waals surface area contributed by atoms with Crippen molar-refractivity contribution in [2.75, 3.05) is 17.4 Å². The molecular weight excluding hydrogens is 452 g/mol. The van der Waals surface area contributed by atoms with Gasteiger partial charge in [0.15, 0.2) is 0 Å². The monoisotopic (exact) mass is 474 g/mol. The minimum absolute atomic E-state index is 0.0322. The van der Waals surface area contributed by atoms with Crippen molar-refractivity contribution in [2.24, 2.45) is 0 Å². The first kappa shape index (κ1) is 22.2. The van der Waals surface area contributed by atoms with Gasteiger partial charge in [0.05, 0.1) is 23.5 Å². The highest BCUT2D eigenvalue weighted by atomic mass is 35.5. The molecule has 1 aliphatic rings. The Kier molecular flexibility index (Phi) is 6.66. The van der Waals surface area contributed by atoms with Crippen molar-refractivity contribution < 1.29 is 17.9 Å². The maximum absolute atomic E-state index is 13.3. The van der Waals surface area contributed by atoms with E-state index in [4.69, 9.17) is 16.3 Å². The van der Waals surface area contributed by atoms with E-state index in [1.54, 1.807) is 24.7 Å². The number of nitrogens with one attached hydrogen (secondary N) is 1. The molecule has 2 aromatic carbocycles. The molecule has 168 valence electrons. The van der Waals surface area contributed by atoms with E-state index in [0.717, 1.165) is 18.5 Å². The maximum atomic E-state index is 13.3. The van der Waals surface area contributed by atoms with Gasteiger partial charge in [-0.25, -0.2) is 18.2 Å². The Morgan fingerprint density at radius 2 is 1.97 bits per heavy atom. The van der Waals surface area contributed by atoms with Crippen LogP contribution in [0.2, 0.25) is 5.02 Å². The Morgan fingerprint density at radius 3 is 2.72 bits per heavy atom. The number of para-hydroxylation sites is 1. The van der Waals surface area contributed by atoms with Crippen LogP contribution in [0, 0.1) is 0 Å². The fraction of sp³-hybridized carbons (Fsp3) is 0.273. The Balaban J connectivity index is 1.43. The van der Waals surface area contributed by atoms with E-state index in [9.17, 15) is 13.2 Å². The predicted molar refractivity (Wildman–Crippen MR) is 121 cm³/mol. The lowest BCUT2D eigenvalue weighted by Crippen LogP contribution is -2.45. The standard InChI is InChI=1S/C22H23ClN4O4S/c23-18-6-8-20(9-7-18)32(29,30)27-15-19(14-17-4-1-2-5-21(17)27)31-22(28)25-10-3-12-26-13-11-24-16-26/h1-2,4-9,11,13,16,19H,3,10,12,14-15H2,(H,25,28)/t19-/m1/s1. The Bertz CT molecular complexity index is 1170. The van der Waals surface area contributed by atoms with Gasteiger partial charge >= 0.3 is 6.09 Å². The molecule has 0 aliphatic carbocycles. The summed E-state index contributed by atoms with van der Waals surface area (Å²) in [4.78, 5) is 16.4. The number of rotatable bonds is 7. The number of nitrogens with zero attached hydrogens (tertiary/aromatic N) is 3. The molecule has 1 N–H and O–H groups in total. The lowest BCUT2D eigenvalue weighted by Gasteiger charge is -2.34. The van der Waals surface area contributed by atoms with Crippen LogP contribution in [0.25, 0.3) is 0 Å². The van der Waals surface area contributed by atoms with Gasteiger partial charge in [0.2, 0.25) is 0 Å². The zero-order chi connectivity index (χ0) is 22.6. The molecule has 1 atom stereocenters. The number of fused-ring (bicyclic) bond motifs is 1. The van der Waals surface area contributed by atoms with Crippen LogP contribution in [0.15, 0.2) is 72.1 Å². The number of aryl methyl sites for hydroxylation is 1. The number of amides is 1. The van der Waals surface area contributed by atoms with Gasteiger partial charge in [-0.05, 0) is 42.3 Å². The summed E-state index contributed by atoms with van der Waals surface area (Å²) in [5.41, 5.74) is 1.39. The first-order valence-electron chi connectivity index (χ1n) is 10.2. The molecule has 1 amide bonds. The first-order chi connectivity index (χ1) is 15.4. The summed E-state index contributed by atoms with van der Waals surface area (Å²) in [7, 11) is -3.85. The number of halogens is 1. The fourth-order valence-electron chi connectivity index (χ4n) is 3.62. The second-order valence-electron chi connectivity index (χ2n) is 7.43. The van der Waals surface area contributed by atoms with E-state index >= 15 is 0 Å². The molecule has 1 aromatic heterocycles. The van der Waals surface area contributed by atoms with Gasteiger partial charge in [-0.2, -0.15) is 0 Å². The van der Waals surface area contributed by atoms with Crippen molar-refractivity contribution in [3.05, 3.63) is 77.8 Å². The number of aromatic nitrogens is 2. The SMILES string of the molecule is O=C(NCCCn1ccnc1)O[C@@H]1Cc2ccccc2N(S(=O)(=O)c2ccc(Cl)cc2)C1. The van der Waals surface area contributed by atoms with E-state index in [0.29, 0.717) is 23.7 Å². The smallest absolute Gasteiger partial charge is 0.407 e. The average molecular weight is 475 g/mol. The maximum Gasteiger partial charge on any atom is 0.407 e. The van der Waals surface area contributed by atoms with Crippen LogP contribution in [-0.2, 0) is 27.7 Å².